The molecule has 31 heavy (non-hydrogen) atoms. The van der Waals surface area contributed by atoms with Crippen molar-refractivity contribution in [1.29, 1.82) is 0 Å². The molecule has 0 radical (unpaired) electrons. The second-order valence-corrected chi connectivity index (χ2v) is 9.55. The maximum Gasteiger partial charge on any atom is 0.325 e. The zero-order chi connectivity index (χ0) is 21.5. The molecule has 2 aromatic rings. The molecule has 2 saturated carbocycles. The van der Waals surface area contributed by atoms with Gasteiger partial charge in [-0.3, -0.25) is 4.90 Å². The molecule has 5 rings (SSSR count). The van der Waals surface area contributed by atoms with Crippen LogP contribution in [0, 0.1) is 0 Å². The highest BCUT2D eigenvalue weighted by Gasteiger charge is 2.56. The minimum Gasteiger partial charge on any atom is -0.388 e. The highest BCUT2D eigenvalue weighted by Crippen LogP contribution is 2.48. The van der Waals surface area contributed by atoms with Crippen LogP contribution in [0.15, 0.2) is 49.1 Å². The molecule has 2 N–H and O–H groups in total. The Labute approximate surface area is 183 Å². The minimum absolute atomic E-state index is 0.0354. The number of nitrogens with one attached hydrogen (secondary N) is 1. The number of carbonyl (C=O) groups is 1. The Kier molecular flexibility index (Phi) is 4.98. The molecule has 1 aromatic heterocycles. The van der Waals surface area contributed by atoms with E-state index in [0.29, 0.717) is 13.1 Å². The lowest BCUT2D eigenvalue weighted by atomic mass is 9.68. The summed E-state index contributed by atoms with van der Waals surface area (Å²) >= 11 is 0. The first-order valence-electron chi connectivity index (χ1n) is 11.3. The van der Waals surface area contributed by atoms with Crippen molar-refractivity contribution in [3.05, 3.63) is 54.6 Å². The minimum atomic E-state index is -0.747. The second kappa shape index (κ2) is 7.57. The van der Waals surface area contributed by atoms with E-state index in [2.05, 4.69) is 39.6 Å². The van der Waals surface area contributed by atoms with E-state index < -0.39 is 5.60 Å². The number of rotatable bonds is 5. The molecular weight excluding hydrogens is 390 g/mol. The Morgan fingerprint density at radius 1 is 1.03 bits per heavy atom. The van der Waals surface area contributed by atoms with Crippen LogP contribution in [-0.4, -0.2) is 57.3 Å². The van der Waals surface area contributed by atoms with Gasteiger partial charge in [0.25, 0.3) is 0 Å². The van der Waals surface area contributed by atoms with Gasteiger partial charge in [0, 0.05) is 5.54 Å². The number of nitrogens with zero attached hydrogens (tertiary/aromatic N) is 4. The molecule has 3 fully saturated rings. The molecular formula is C24H31N5O2. The van der Waals surface area contributed by atoms with Crippen molar-refractivity contribution in [2.24, 2.45) is 0 Å². The Hall–Kier alpha value is -2.51. The molecule has 7 nitrogen and oxygen atoms in total. The van der Waals surface area contributed by atoms with Gasteiger partial charge in [-0.05, 0) is 57.6 Å². The molecule has 1 aliphatic heterocycles. The van der Waals surface area contributed by atoms with E-state index in [4.69, 9.17) is 0 Å². The molecule has 1 saturated heterocycles. The summed E-state index contributed by atoms with van der Waals surface area (Å²) in [7, 11) is 2.03. The summed E-state index contributed by atoms with van der Waals surface area (Å²) in [6, 6.07) is 10.6. The first-order valence-corrected chi connectivity index (χ1v) is 11.3. The van der Waals surface area contributed by atoms with Gasteiger partial charge in [0.1, 0.15) is 6.33 Å². The van der Waals surface area contributed by atoms with Crippen molar-refractivity contribution in [2.75, 3.05) is 25.0 Å². The molecule has 2 amide bonds. The van der Waals surface area contributed by atoms with Crippen LogP contribution in [-0.2, 0) is 5.54 Å². The van der Waals surface area contributed by atoms with Gasteiger partial charge < -0.3 is 15.3 Å². The lowest BCUT2D eigenvalue weighted by Gasteiger charge is -2.50. The summed E-state index contributed by atoms with van der Waals surface area (Å²) in [5, 5.41) is 14.5. The quantitative estimate of drug-likeness (QED) is 0.776. The largest absolute Gasteiger partial charge is 0.388 e. The standard InChI is InChI=1S/C24H31N5O2/c1-25-24(19-6-3-2-4-7-19)12-10-22(11-13-24)16-28(20-14-26-18-27-15-20)21(30)29(22)17-23(31)8-5-9-23/h2-4,6-7,14-15,18,25,31H,5,8-13,16-17H2,1H3/t22-,24+. The third-order valence-electron chi connectivity index (χ3n) is 7.92. The number of β-amino-alcohol motifs (C(OH)–C–C–N with tert-alkyl or cyclic N) is 1. The fourth-order valence-corrected chi connectivity index (χ4v) is 5.71. The Morgan fingerprint density at radius 3 is 2.29 bits per heavy atom. The molecule has 1 spiro atoms. The van der Waals surface area contributed by atoms with Crippen LogP contribution in [0.1, 0.15) is 50.5 Å². The van der Waals surface area contributed by atoms with Crippen molar-refractivity contribution < 1.29 is 9.90 Å². The molecule has 2 heterocycles. The number of aliphatic hydroxyl groups is 1. The van der Waals surface area contributed by atoms with Gasteiger partial charge in [0.15, 0.2) is 0 Å². The molecule has 0 unspecified atom stereocenters. The van der Waals surface area contributed by atoms with Crippen molar-refractivity contribution in [3.8, 4) is 0 Å². The summed E-state index contributed by atoms with van der Waals surface area (Å²) in [6.45, 7) is 1.03. The highest BCUT2D eigenvalue weighted by molar-refractivity contribution is 5.95. The van der Waals surface area contributed by atoms with E-state index in [1.807, 2.05) is 18.0 Å². The molecule has 164 valence electrons. The number of hydrogen-bond donors (Lipinski definition) is 2. The van der Waals surface area contributed by atoms with Crippen molar-refractivity contribution in [3.63, 3.8) is 0 Å². The van der Waals surface area contributed by atoms with Crippen LogP contribution in [0.3, 0.4) is 0 Å². The normalized spacial score (nSPS) is 29.9. The Bertz CT molecular complexity index is 924. The van der Waals surface area contributed by atoms with E-state index in [1.54, 1.807) is 17.3 Å². The molecule has 3 aliphatic rings. The predicted molar refractivity (Wildman–Crippen MR) is 119 cm³/mol. The smallest absolute Gasteiger partial charge is 0.325 e. The predicted octanol–water partition coefficient (Wildman–Crippen LogP) is 3.06. The van der Waals surface area contributed by atoms with Gasteiger partial charge in [-0.15, -0.1) is 0 Å². The number of anilines is 1. The molecule has 1 aromatic carbocycles. The lowest BCUT2D eigenvalue weighted by Crippen LogP contribution is -2.59. The second-order valence-electron chi connectivity index (χ2n) is 9.55. The average molecular weight is 422 g/mol. The van der Waals surface area contributed by atoms with Gasteiger partial charge >= 0.3 is 6.03 Å². The average Bonchev–Trinajstić information content (AvgIpc) is 3.06. The molecule has 7 heteroatoms. The zero-order valence-electron chi connectivity index (χ0n) is 18.1. The number of benzene rings is 1. The van der Waals surface area contributed by atoms with E-state index in [9.17, 15) is 9.90 Å². The van der Waals surface area contributed by atoms with Crippen LogP contribution in [0.2, 0.25) is 0 Å². The molecule has 0 bridgehead atoms. The first kappa shape index (κ1) is 20.4. The van der Waals surface area contributed by atoms with E-state index >= 15 is 0 Å². The number of hydrogen-bond acceptors (Lipinski definition) is 5. The third-order valence-corrected chi connectivity index (χ3v) is 7.92. The summed E-state index contributed by atoms with van der Waals surface area (Å²) < 4.78 is 0. The van der Waals surface area contributed by atoms with Crippen molar-refractivity contribution in [2.45, 2.75) is 61.6 Å². The van der Waals surface area contributed by atoms with Crippen LogP contribution < -0.4 is 10.2 Å². The maximum atomic E-state index is 13.6. The number of carbonyl (C=O) groups excluding carboxylic acids is 1. The summed E-state index contributed by atoms with van der Waals surface area (Å²) in [5.74, 6) is 0. The van der Waals surface area contributed by atoms with Crippen LogP contribution in [0.25, 0.3) is 0 Å². The van der Waals surface area contributed by atoms with Gasteiger partial charge in [0.2, 0.25) is 0 Å². The van der Waals surface area contributed by atoms with Crippen LogP contribution >= 0.6 is 0 Å². The summed E-state index contributed by atoms with van der Waals surface area (Å²) in [5.41, 5.74) is 0.909. The molecule has 2 aliphatic carbocycles. The fourth-order valence-electron chi connectivity index (χ4n) is 5.71. The molecule has 0 atom stereocenters. The Morgan fingerprint density at radius 2 is 1.71 bits per heavy atom. The first-order chi connectivity index (χ1) is 15.0. The number of urea groups is 1. The van der Waals surface area contributed by atoms with Gasteiger partial charge in [0.05, 0.1) is 42.3 Å². The SMILES string of the molecule is CN[C@]1(c2ccccc2)CC[C@]2(CC1)CN(c1cncnc1)C(=O)N2CC1(O)CCC1. The van der Waals surface area contributed by atoms with Crippen molar-refractivity contribution in [1.82, 2.24) is 20.2 Å². The van der Waals surface area contributed by atoms with E-state index in [1.165, 1.54) is 11.9 Å². The highest BCUT2D eigenvalue weighted by atomic mass is 16.3. The monoisotopic (exact) mass is 421 g/mol. The topological polar surface area (TPSA) is 81.6 Å². The summed E-state index contributed by atoms with van der Waals surface area (Å²) in [6.07, 6.45) is 11.1. The van der Waals surface area contributed by atoms with Gasteiger partial charge in [-0.1, -0.05) is 30.3 Å². The van der Waals surface area contributed by atoms with E-state index in [-0.39, 0.29) is 17.1 Å². The lowest BCUT2D eigenvalue weighted by molar-refractivity contribution is -0.0690. The number of aromatic nitrogens is 2. The number of amides is 2. The maximum absolute atomic E-state index is 13.6. The summed E-state index contributed by atoms with van der Waals surface area (Å²) in [4.78, 5) is 25.6. The van der Waals surface area contributed by atoms with Gasteiger partial charge in [-0.25, -0.2) is 14.8 Å². The zero-order valence-corrected chi connectivity index (χ0v) is 18.1. The van der Waals surface area contributed by atoms with Crippen LogP contribution in [0.5, 0.6) is 0 Å². The third kappa shape index (κ3) is 3.40. The van der Waals surface area contributed by atoms with Crippen LogP contribution in [0.4, 0.5) is 10.5 Å². The Balaban J connectivity index is 1.45. The van der Waals surface area contributed by atoms with Crippen molar-refractivity contribution >= 4 is 11.7 Å². The van der Waals surface area contributed by atoms with E-state index in [0.717, 1.165) is 50.6 Å². The van der Waals surface area contributed by atoms with Gasteiger partial charge in [-0.2, -0.15) is 0 Å². The fraction of sp³-hybridized carbons (Fsp3) is 0.542.